The molecule has 115 valence electrons. The van der Waals surface area contributed by atoms with Crippen molar-refractivity contribution in [3.05, 3.63) is 70.8 Å². The molecule has 1 radical (unpaired) electrons. The summed E-state index contributed by atoms with van der Waals surface area (Å²) in [5.41, 5.74) is -0.854. The maximum Gasteiger partial charge on any atom is 0.416 e. The average molecular weight is 314 g/mol. The number of benzene rings is 2. The minimum absolute atomic E-state index is 0.0505. The van der Waals surface area contributed by atoms with Gasteiger partial charge < -0.3 is 4.84 Å². The highest BCUT2D eigenvalue weighted by molar-refractivity contribution is 5.79. The standard InChI is InChI=1S/C15H9F5NO/c16-13-4-5-14(17)11(7-13)9-22-21-8-10-2-1-3-12(6-10)15(18,19)20/h1-7H,9H2. The molecule has 0 unspecified atom stereocenters. The second-order valence-electron chi connectivity index (χ2n) is 4.29. The summed E-state index contributed by atoms with van der Waals surface area (Å²) in [7, 11) is 0. The van der Waals surface area contributed by atoms with Crippen molar-refractivity contribution >= 4 is 6.21 Å². The van der Waals surface area contributed by atoms with Gasteiger partial charge in [0.25, 0.3) is 0 Å². The van der Waals surface area contributed by atoms with E-state index in [0.29, 0.717) is 0 Å². The van der Waals surface area contributed by atoms with Gasteiger partial charge in [-0.1, -0.05) is 17.3 Å². The molecule has 2 aromatic rings. The summed E-state index contributed by atoms with van der Waals surface area (Å²) < 4.78 is 63.7. The Morgan fingerprint density at radius 3 is 2.55 bits per heavy atom. The van der Waals surface area contributed by atoms with Gasteiger partial charge in [0.05, 0.1) is 5.56 Å². The molecule has 2 aromatic carbocycles. The Morgan fingerprint density at radius 2 is 1.82 bits per heavy atom. The van der Waals surface area contributed by atoms with Gasteiger partial charge in [-0.25, -0.2) is 8.78 Å². The summed E-state index contributed by atoms with van der Waals surface area (Å²) in [6, 6.07) is 7.14. The zero-order valence-electron chi connectivity index (χ0n) is 11.0. The van der Waals surface area contributed by atoms with Gasteiger partial charge in [-0.05, 0) is 30.3 Å². The lowest BCUT2D eigenvalue weighted by atomic mass is 10.1. The lowest BCUT2D eigenvalue weighted by Gasteiger charge is -2.06. The smallest absolute Gasteiger partial charge is 0.390 e. The minimum Gasteiger partial charge on any atom is -0.390 e. The summed E-state index contributed by atoms with van der Waals surface area (Å²) in [5, 5.41) is 3.32. The van der Waals surface area contributed by atoms with Gasteiger partial charge in [-0.3, -0.25) is 0 Å². The van der Waals surface area contributed by atoms with Crippen molar-refractivity contribution in [2.75, 3.05) is 0 Å². The molecule has 0 bridgehead atoms. The third-order valence-electron chi connectivity index (χ3n) is 2.66. The second-order valence-corrected chi connectivity index (χ2v) is 4.29. The number of hydrogen-bond donors (Lipinski definition) is 0. The average Bonchev–Trinajstić information content (AvgIpc) is 2.46. The molecular weight excluding hydrogens is 305 g/mol. The fourth-order valence-electron chi connectivity index (χ4n) is 1.61. The molecule has 7 heteroatoms. The predicted octanol–water partition coefficient (Wildman–Crippen LogP) is 4.41. The first-order chi connectivity index (χ1) is 10.4. The van der Waals surface area contributed by atoms with Gasteiger partial charge in [0.15, 0.2) is 0 Å². The van der Waals surface area contributed by atoms with Crippen LogP contribution in [0.4, 0.5) is 22.0 Å². The van der Waals surface area contributed by atoms with Crippen molar-refractivity contribution in [2.45, 2.75) is 12.8 Å². The minimum atomic E-state index is -4.47. The molecule has 0 N–H and O–H groups in total. The van der Waals surface area contributed by atoms with E-state index in [1.54, 1.807) is 0 Å². The van der Waals surface area contributed by atoms with Crippen LogP contribution >= 0.6 is 0 Å². The molecule has 0 aromatic heterocycles. The van der Waals surface area contributed by atoms with E-state index in [9.17, 15) is 22.0 Å². The Balaban J connectivity index is 2.00. The fraction of sp³-hybridized carbons (Fsp3) is 0.133. The van der Waals surface area contributed by atoms with Gasteiger partial charge >= 0.3 is 6.18 Å². The SMILES string of the molecule is Fc1ccc(F)c(CO/N=[C]\c2cccc(C(F)(F)F)c2)c1. The first kappa shape index (κ1) is 15.9. The van der Waals surface area contributed by atoms with Crippen LogP contribution in [0.3, 0.4) is 0 Å². The van der Waals surface area contributed by atoms with E-state index in [-0.39, 0.29) is 17.7 Å². The Bertz CT molecular complexity index is 682. The topological polar surface area (TPSA) is 21.6 Å². The van der Waals surface area contributed by atoms with Crippen molar-refractivity contribution in [1.82, 2.24) is 0 Å². The lowest BCUT2D eigenvalue weighted by molar-refractivity contribution is -0.137. The summed E-state index contributed by atoms with van der Waals surface area (Å²) >= 11 is 0. The third-order valence-corrected chi connectivity index (χ3v) is 2.66. The summed E-state index contributed by atoms with van der Waals surface area (Å²) in [5.74, 6) is -1.30. The summed E-state index contributed by atoms with van der Waals surface area (Å²) in [6.07, 6.45) is -2.22. The van der Waals surface area contributed by atoms with E-state index in [1.807, 2.05) is 0 Å². The van der Waals surface area contributed by atoms with Crippen molar-refractivity contribution in [1.29, 1.82) is 0 Å². The third kappa shape index (κ3) is 4.28. The van der Waals surface area contributed by atoms with Gasteiger partial charge in [0, 0.05) is 11.1 Å². The Kier molecular flexibility index (Phi) is 4.75. The van der Waals surface area contributed by atoms with Gasteiger partial charge in [-0.2, -0.15) is 13.2 Å². The van der Waals surface area contributed by atoms with Crippen LogP contribution in [-0.2, 0) is 17.6 Å². The van der Waals surface area contributed by atoms with Crippen LogP contribution in [0.25, 0.3) is 0 Å². The van der Waals surface area contributed by atoms with E-state index in [2.05, 4.69) is 11.4 Å². The zero-order chi connectivity index (χ0) is 16.2. The number of rotatable bonds is 4. The number of hydrogen-bond acceptors (Lipinski definition) is 2. The molecule has 0 saturated carbocycles. The molecule has 0 saturated heterocycles. The van der Waals surface area contributed by atoms with E-state index < -0.39 is 23.4 Å². The fourth-order valence-corrected chi connectivity index (χ4v) is 1.61. The molecule has 0 aliphatic carbocycles. The summed E-state index contributed by atoms with van der Waals surface area (Å²) in [6.45, 7) is -0.366. The molecular formula is C15H9F5NO. The predicted molar refractivity (Wildman–Crippen MR) is 69.1 cm³/mol. The van der Waals surface area contributed by atoms with Crippen LogP contribution in [-0.4, -0.2) is 6.21 Å². The maximum absolute atomic E-state index is 13.3. The van der Waals surface area contributed by atoms with Crippen molar-refractivity contribution in [2.24, 2.45) is 5.16 Å². The molecule has 2 nitrogen and oxygen atoms in total. The van der Waals surface area contributed by atoms with Crippen molar-refractivity contribution in [3.63, 3.8) is 0 Å². The van der Waals surface area contributed by atoms with Gasteiger partial charge in [0.1, 0.15) is 24.5 Å². The van der Waals surface area contributed by atoms with Crippen LogP contribution in [0.5, 0.6) is 0 Å². The quantitative estimate of drug-likeness (QED) is 0.465. The van der Waals surface area contributed by atoms with Crippen LogP contribution in [0, 0.1) is 11.6 Å². The first-order valence-corrected chi connectivity index (χ1v) is 6.05. The summed E-state index contributed by atoms with van der Waals surface area (Å²) in [4.78, 5) is 4.71. The molecule has 0 spiro atoms. The van der Waals surface area contributed by atoms with E-state index >= 15 is 0 Å². The molecule has 22 heavy (non-hydrogen) atoms. The molecule has 0 aliphatic heterocycles. The Hall–Kier alpha value is -2.44. The Labute approximate surface area is 122 Å². The highest BCUT2D eigenvalue weighted by atomic mass is 19.4. The first-order valence-electron chi connectivity index (χ1n) is 6.05. The van der Waals surface area contributed by atoms with Gasteiger partial charge in [-0.15, -0.1) is 0 Å². The van der Waals surface area contributed by atoms with Crippen LogP contribution in [0.2, 0.25) is 0 Å². The van der Waals surface area contributed by atoms with Crippen molar-refractivity contribution in [3.8, 4) is 0 Å². The largest absolute Gasteiger partial charge is 0.416 e. The van der Waals surface area contributed by atoms with E-state index in [0.717, 1.165) is 30.3 Å². The number of halogens is 5. The molecule has 2 rings (SSSR count). The number of nitrogens with zero attached hydrogens (tertiary/aromatic N) is 1. The van der Waals surface area contributed by atoms with E-state index in [1.165, 1.54) is 12.1 Å². The molecule has 0 amide bonds. The molecule has 0 aliphatic rings. The highest BCUT2D eigenvalue weighted by Crippen LogP contribution is 2.29. The second kappa shape index (κ2) is 6.55. The normalized spacial score (nSPS) is 11.9. The van der Waals surface area contributed by atoms with Crippen LogP contribution < -0.4 is 0 Å². The molecule has 0 heterocycles. The van der Waals surface area contributed by atoms with Crippen LogP contribution in [0.1, 0.15) is 16.7 Å². The zero-order valence-corrected chi connectivity index (χ0v) is 11.0. The highest BCUT2D eigenvalue weighted by Gasteiger charge is 2.30. The molecule has 0 atom stereocenters. The lowest BCUT2D eigenvalue weighted by Crippen LogP contribution is -2.05. The van der Waals surface area contributed by atoms with E-state index in [4.69, 9.17) is 4.84 Å². The molecule has 0 fully saturated rings. The van der Waals surface area contributed by atoms with Gasteiger partial charge in [0.2, 0.25) is 0 Å². The van der Waals surface area contributed by atoms with Crippen molar-refractivity contribution < 1.29 is 26.8 Å². The Morgan fingerprint density at radius 1 is 1.05 bits per heavy atom. The number of alkyl halides is 3. The van der Waals surface area contributed by atoms with Crippen LogP contribution in [0.15, 0.2) is 47.6 Å². The maximum atomic E-state index is 13.3. The monoisotopic (exact) mass is 314 g/mol.